The van der Waals surface area contributed by atoms with Crippen LogP contribution in [0.5, 0.6) is 0 Å². The zero-order valence-corrected chi connectivity index (χ0v) is 9.18. The number of likely N-dealkylation sites (N-methyl/N-ethyl adjacent to an activating group) is 1. The van der Waals surface area contributed by atoms with Gasteiger partial charge in [0.2, 0.25) is 0 Å². The zero-order chi connectivity index (χ0) is 10.1. The van der Waals surface area contributed by atoms with Crippen LogP contribution in [0.3, 0.4) is 0 Å². The summed E-state index contributed by atoms with van der Waals surface area (Å²) < 4.78 is 5.52. The van der Waals surface area contributed by atoms with E-state index in [4.69, 9.17) is 4.74 Å². The fraction of sp³-hybridized carbons (Fsp3) is 0.818. The monoisotopic (exact) mass is 183 g/mol. The highest BCUT2D eigenvalue weighted by molar-refractivity contribution is 4.98. The van der Waals surface area contributed by atoms with Gasteiger partial charge in [0.05, 0.1) is 12.7 Å². The molecular weight excluding hydrogens is 162 g/mol. The quantitative estimate of drug-likeness (QED) is 0.634. The molecular formula is C11H21NO. The number of hydrogen-bond acceptors (Lipinski definition) is 2. The lowest BCUT2D eigenvalue weighted by molar-refractivity contribution is 0.0625. The molecule has 0 aliphatic heterocycles. The third kappa shape index (κ3) is 7.83. The number of nitrogens with one attached hydrogen (secondary N) is 1. The van der Waals surface area contributed by atoms with Gasteiger partial charge in [-0.05, 0) is 27.3 Å². The summed E-state index contributed by atoms with van der Waals surface area (Å²) in [6.07, 6.45) is 1.17. The van der Waals surface area contributed by atoms with Crippen molar-refractivity contribution >= 4 is 0 Å². The van der Waals surface area contributed by atoms with E-state index in [9.17, 15) is 0 Å². The van der Waals surface area contributed by atoms with E-state index >= 15 is 0 Å². The summed E-state index contributed by atoms with van der Waals surface area (Å²) in [6, 6.07) is 0.375. The van der Waals surface area contributed by atoms with Crippen LogP contribution in [0.25, 0.3) is 0 Å². The minimum absolute atomic E-state index is 0.302. The highest BCUT2D eigenvalue weighted by Gasteiger charge is 2.06. The van der Waals surface area contributed by atoms with E-state index in [1.807, 2.05) is 6.92 Å². The first-order chi connectivity index (χ1) is 6.20. The summed E-state index contributed by atoms with van der Waals surface area (Å²) in [5.74, 6) is 5.96. The summed E-state index contributed by atoms with van der Waals surface area (Å²) in [7, 11) is 0. The highest BCUT2D eigenvalue weighted by atomic mass is 16.5. The van der Waals surface area contributed by atoms with E-state index in [0.717, 1.165) is 19.6 Å². The predicted octanol–water partition coefficient (Wildman–Crippen LogP) is 1.80. The van der Waals surface area contributed by atoms with Crippen molar-refractivity contribution in [3.63, 3.8) is 0 Å². The molecule has 0 rings (SSSR count). The van der Waals surface area contributed by atoms with Crippen molar-refractivity contribution in [3.05, 3.63) is 0 Å². The summed E-state index contributed by atoms with van der Waals surface area (Å²) in [4.78, 5) is 0. The first-order valence-corrected chi connectivity index (χ1v) is 4.95. The topological polar surface area (TPSA) is 21.3 Å². The zero-order valence-electron chi connectivity index (χ0n) is 9.18. The fourth-order valence-electron chi connectivity index (χ4n) is 1.01. The van der Waals surface area contributed by atoms with Crippen LogP contribution < -0.4 is 5.32 Å². The van der Waals surface area contributed by atoms with Crippen LogP contribution in [0.2, 0.25) is 0 Å². The normalized spacial score (nSPS) is 12.4. The minimum Gasteiger partial charge on any atom is -0.377 e. The van der Waals surface area contributed by atoms with Gasteiger partial charge >= 0.3 is 0 Å². The van der Waals surface area contributed by atoms with Gasteiger partial charge in [-0.3, -0.25) is 0 Å². The van der Waals surface area contributed by atoms with Gasteiger partial charge < -0.3 is 10.1 Å². The lowest BCUT2D eigenvalue weighted by Crippen LogP contribution is -2.33. The minimum atomic E-state index is 0.302. The van der Waals surface area contributed by atoms with E-state index in [-0.39, 0.29) is 0 Å². The second-order valence-electron chi connectivity index (χ2n) is 3.27. The number of hydrogen-bond donors (Lipinski definition) is 1. The van der Waals surface area contributed by atoms with Crippen LogP contribution in [-0.4, -0.2) is 25.3 Å². The van der Waals surface area contributed by atoms with E-state index in [0.29, 0.717) is 12.1 Å². The Bertz CT molecular complexity index is 167. The number of rotatable bonds is 6. The maximum atomic E-state index is 5.52. The molecule has 0 fully saturated rings. The van der Waals surface area contributed by atoms with E-state index in [1.54, 1.807) is 0 Å². The molecule has 0 amide bonds. The summed E-state index contributed by atoms with van der Waals surface area (Å²) >= 11 is 0. The molecule has 0 saturated carbocycles. The molecule has 0 aromatic carbocycles. The van der Waals surface area contributed by atoms with Gasteiger partial charge in [-0.2, -0.15) is 0 Å². The van der Waals surface area contributed by atoms with E-state index < -0.39 is 0 Å². The lowest BCUT2D eigenvalue weighted by Gasteiger charge is -2.16. The lowest BCUT2D eigenvalue weighted by atomic mass is 10.2. The molecule has 0 saturated heterocycles. The Hall–Kier alpha value is -0.520. The van der Waals surface area contributed by atoms with Crippen LogP contribution in [0, 0.1) is 11.8 Å². The molecule has 0 radical (unpaired) electrons. The molecule has 0 aromatic rings. The van der Waals surface area contributed by atoms with Crippen molar-refractivity contribution in [1.82, 2.24) is 5.32 Å². The maximum Gasteiger partial charge on any atom is 0.0632 e. The van der Waals surface area contributed by atoms with Crippen LogP contribution in [-0.2, 0) is 4.74 Å². The van der Waals surface area contributed by atoms with Crippen molar-refractivity contribution in [3.8, 4) is 11.8 Å². The molecule has 13 heavy (non-hydrogen) atoms. The molecule has 0 aromatic heterocycles. The Morgan fingerprint density at radius 2 is 2.08 bits per heavy atom. The van der Waals surface area contributed by atoms with Crippen molar-refractivity contribution in [1.29, 1.82) is 0 Å². The van der Waals surface area contributed by atoms with Crippen molar-refractivity contribution in [2.24, 2.45) is 0 Å². The molecule has 0 aliphatic carbocycles. The fourth-order valence-corrected chi connectivity index (χ4v) is 1.01. The molecule has 1 N–H and O–H groups in total. The van der Waals surface area contributed by atoms with Gasteiger partial charge in [-0.25, -0.2) is 0 Å². The SMILES string of the molecule is CC#CCC(COC(C)C)NCC. The van der Waals surface area contributed by atoms with Gasteiger partial charge in [0, 0.05) is 12.5 Å². The second-order valence-corrected chi connectivity index (χ2v) is 3.27. The Morgan fingerprint density at radius 1 is 1.38 bits per heavy atom. The van der Waals surface area contributed by atoms with Gasteiger partial charge in [0.1, 0.15) is 0 Å². The summed E-state index contributed by atoms with van der Waals surface area (Å²) in [5.41, 5.74) is 0. The predicted molar refractivity (Wildman–Crippen MR) is 56.6 cm³/mol. The van der Waals surface area contributed by atoms with Crippen molar-refractivity contribution < 1.29 is 4.74 Å². The Labute approximate surface area is 82.1 Å². The maximum absolute atomic E-state index is 5.52. The van der Waals surface area contributed by atoms with Gasteiger partial charge in [-0.15, -0.1) is 11.8 Å². The third-order valence-electron chi connectivity index (χ3n) is 1.65. The van der Waals surface area contributed by atoms with Crippen LogP contribution in [0.1, 0.15) is 34.1 Å². The van der Waals surface area contributed by atoms with Gasteiger partial charge in [-0.1, -0.05) is 6.92 Å². The third-order valence-corrected chi connectivity index (χ3v) is 1.65. The molecule has 0 bridgehead atoms. The molecule has 0 aliphatic rings. The Morgan fingerprint density at radius 3 is 2.54 bits per heavy atom. The molecule has 1 atom stereocenters. The van der Waals surface area contributed by atoms with Crippen LogP contribution in [0.4, 0.5) is 0 Å². The molecule has 76 valence electrons. The Balaban J connectivity index is 3.70. The first kappa shape index (κ1) is 12.5. The van der Waals surface area contributed by atoms with E-state index in [1.165, 1.54) is 0 Å². The average molecular weight is 183 g/mol. The highest BCUT2D eigenvalue weighted by Crippen LogP contribution is 1.95. The second kappa shape index (κ2) is 8.10. The molecule has 1 unspecified atom stereocenters. The first-order valence-electron chi connectivity index (χ1n) is 4.95. The van der Waals surface area contributed by atoms with Gasteiger partial charge in [0.25, 0.3) is 0 Å². The summed E-state index contributed by atoms with van der Waals surface area (Å²) in [6.45, 7) is 9.79. The van der Waals surface area contributed by atoms with Crippen molar-refractivity contribution in [2.45, 2.75) is 46.3 Å². The molecule has 0 heterocycles. The van der Waals surface area contributed by atoms with Crippen LogP contribution >= 0.6 is 0 Å². The van der Waals surface area contributed by atoms with Crippen LogP contribution in [0.15, 0.2) is 0 Å². The average Bonchev–Trinajstić information content (AvgIpc) is 2.09. The summed E-state index contributed by atoms with van der Waals surface area (Å²) in [5, 5.41) is 3.35. The molecule has 2 nitrogen and oxygen atoms in total. The van der Waals surface area contributed by atoms with E-state index in [2.05, 4.69) is 37.9 Å². The Kier molecular flexibility index (Phi) is 7.77. The molecule has 2 heteroatoms. The number of ether oxygens (including phenoxy) is 1. The smallest absolute Gasteiger partial charge is 0.0632 e. The van der Waals surface area contributed by atoms with Gasteiger partial charge in [0.15, 0.2) is 0 Å². The van der Waals surface area contributed by atoms with Crippen molar-refractivity contribution in [2.75, 3.05) is 13.2 Å². The molecule has 0 spiro atoms. The largest absolute Gasteiger partial charge is 0.377 e. The standard InChI is InChI=1S/C11H21NO/c1-5-7-8-11(12-6-2)9-13-10(3)4/h10-12H,6,8-9H2,1-4H3.